The molecule has 0 amide bonds. The molecule has 0 aromatic heterocycles. The van der Waals surface area contributed by atoms with Gasteiger partial charge in [0.15, 0.2) is 0 Å². The average Bonchev–Trinajstić information content (AvgIpc) is 2.22. The zero-order valence-corrected chi connectivity index (χ0v) is 11.2. The van der Waals surface area contributed by atoms with Crippen LogP contribution in [0.4, 0.5) is 0 Å². The molecule has 0 spiro atoms. The summed E-state index contributed by atoms with van der Waals surface area (Å²) in [5.41, 5.74) is 3.55. The second-order valence-electron chi connectivity index (χ2n) is 5.73. The van der Waals surface area contributed by atoms with E-state index in [0.717, 1.165) is 32.5 Å². The number of benzene rings is 1. The molecule has 1 saturated heterocycles. The normalized spacial score (nSPS) is 26.1. The Kier molecular flexibility index (Phi) is 3.55. The van der Waals surface area contributed by atoms with Gasteiger partial charge in [0.2, 0.25) is 0 Å². The number of β-amino-alcohol motifs (C(OH)–C–C–N with tert-alkyl or cyclic N) is 1. The number of aliphatic hydroxyl groups is 1. The van der Waals surface area contributed by atoms with Crippen molar-refractivity contribution in [3.05, 3.63) is 34.9 Å². The molecule has 2 nitrogen and oxygen atoms in total. The molecule has 1 N–H and O–H groups in total. The van der Waals surface area contributed by atoms with Gasteiger partial charge in [0, 0.05) is 13.1 Å². The van der Waals surface area contributed by atoms with Gasteiger partial charge in [-0.1, -0.05) is 18.2 Å². The zero-order chi connectivity index (χ0) is 12.5. The lowest BCUT2D eigenvalue weighted by Crippen LogP contribution is -2.45. The Bertz CT molecular complexity index is 398. The first-order chi connectivity index (χ1) is 7.96. The van der Waals surface area contributed by atoms with Gasteiger partial charge in [0.05, 0.1) is 5.60 Å². The quantitative estimate of drug-likeness (QED) is 0.849. The highest BCUT2D eigenvalue weighted by Gasteiger charge is 2.28. The molecule has 1 aromatic carbocycles. The summed E-state index contributed by atoms with van der Waals surface area (Å²) in [7, 11) is 0. The third-order valence-electron chi connectivity index (χ3n) is 3.73. The fourth-order valence-electron chi connectivity index (χ4n) is 2.62. The van der Waals surface area contributed by atoms with Crippen molar-refractivity contribution < 1.29 is 5.11 Å². The molecule has 1 fully saturated rings. The first-order valence-corrected chi connectivity index (χ1v) is 6.47. The van der Waals surface area contributed by atoms with Crippen LogP contribution in [0, 0.1) is 13.8 Å². The summed E-state index contributed by atoms with van der Waals surface area (Å²) in [6.07, 6.45) is 2.02. The van der Waals surface area contributed by atoms with Crippen LogP contribution in [-0.2, 0) is 6.54 Å². The lowest BCUT2D eigenvalue weighted by Gasteiger charge is -2.36. The SMILES string of the molecule is Cc1ccc(CN2CCCC(C)(O)C2)cc1C. The molecule has 1 unspecified atom stereocenters. The molecule has 0 aliphatic carbocycles. The van der Waals surface area contributed by atoms with Crippen molar-refractivity contribution in [2.45, 2.75) is 45.8 Å². The number of likely N-dealkylation sites (tertiary alicyclic amines) is 1. The molecule has 0 radical (unpaired) electrons. The Balaban J connectivity index is 2.03. The monoisotopic (exact) mass is 233 g/mol. The standard InChI is InChI=1S/C15H23NO/c1-12-5-6-14(9-13(12)2)10-16-8-4-7-15(3,17)11-16/h5-6,9,17H,4,7-8,10-11H2,1-3H3. The molecule has 1 aromatic rings. The van der Waals surface area contributed by atoms with Crippen LogP contribution < -0.4 is 0 Å². The summed E-state index contributed by atoms with van der Waals surface area (Å²) in [5.74, 6) is 0. The number of hydrogen-bond donors (Lipinski definition) is 1. The second-order valence-corrected chi connectivity index (χ2v) is 5.73. The molecule has 0 bridgehead atoms. The van der Waals surface area contributed by atoms with Crippen LogP contribution in [0.25, 0.3) is 0 Å². The van der Waals surface area contributed by atoms with Crippen molar-refractivity contribution in [1.82, 2.24) is 4.90 Å². The Morgan fingerprint density at radius 3 is 2.71 bits per heavy atom. The Morgan fingerprint density at radius 2 is 2.06 bits per heavy atom. The molecule has 1 aliphatic rings. The summed E-state index contributed by atoms with van der Waals surface area (Å²) in [5, 5.41) is 10.1. The molecule has 0 saturated carbocycles. The van der Waals surface area contributed by atoms with Crippen LogP contribution in [0.3, 0.4) is 0 Å². The summed E-state index contributed by atoms with van der Waals surface area (Å²) in [4.78, 5) is 2.35. The van der Waals surface area contributed by atoms with Gasteiger partial charge in [-0.2, -0.15) is 0 Å². The maximum atomic E-state index is 10.1. The van der Waals surface area contributed by atoms with E-state index < -0.39 is 5.60 Å². The molecule has 2 rings (SSSR count). The molecular weight excluding hydrogens is 210 g/mol. The third-order valence-corrected chi connectivity index (χ3v) is 3.73. The Hall–Kier alpha value is -0.860. The van der Waals surface area contributed by atoms with Gasteiger partial charge >= 0.3 is 0 Å². The van der Waals surface area contributed by atoms with Crippen LogP contribution in [0.5, 0.6) is 0 Å². The van der Waals surface area contributed by atoms with E-state index in [-0.39, 0.29) is 0 Å². The minimum atomic E-state index is -0.502. The van der Waals surface area contributed by atoms with Crippen molar-refractivity contribution in [2.75, 3.05) is 13.1 Å². The first-order valence-electron chi connectivity index (χ1n) is 6.47. The lowest BCUT2D eigenvalue weighted by atomic mass is 9.94. The van der Waals surface area contributed by atoms with Gasteiger partial charge < -0.3 is 5.11 Å². The van der Waals surface area contributed by atoms with Crippen LogP contribution in [-0.4, -0.2) is 28.7 Å². The highest BCUT2D eigenvalue weighted by molar-refractivity contribution is 5.29. The van der Waals surface area contributed by atoms with E-state index >= 15 is 0 Å². The zero-order valence-electron chi connectivity index (χ0n) is 11.2. The van der Waals surface area contributed by atoms with Crippen molar-refractivity contribution in [2.24, 2.45) is 0 Å². The maximum absolute atomic E-state index is 10.1. The molecule has 2 heteroatoms. The smallest absolute Gasteiger partial charge is 0.0746 e. The summed E-state index contributed by atoms with van der Waals surface area (Å²) in [6.45, 7) is 9.09. The van der Waals surface area contributed by atoms with E-state index in [4.69, 9.17) is 0 Å². The Labute approximate surface area is 104 Å². The third kappa shape index (κ3) is 3.30. The van der Waals surface area contributed by atoms with Gasteiger partial charge in [-0.15, -0.1) is 0 Å². The van der Waals surface area contributed by atoms with Gasteiger partial charge in [-0.05, 0) is 56.8 Å². The fraction of sp³-hybridized carbons (Fsp3) is 0.600. The second kappa shape index (κ2) is 4.79. The van der Waals surface area contributed by atoms with E-state index in [0.29, 0.717) is 0 Å². The predicted octanol–water partition coefficient (Wildman–Crippen LogP) is 2.65. The maximum Gasteiger partial charge on any atom is 0.0746 e. The number of aryl methyl sites for hydroxylation is 2. The number of piperidine rings is 1. The number of rotatable bonds is 2. The van der Waals surface area contributed by atoms with Crippen molar-refractivity contribution in [3.8, 4) is 0 Å². The van der Waals surface area contributed by atoms with Crippen molar-refractivity contribution in [1.29, 1.82) is 0 Å². The number of nitrogens with zero attached hydrogens (tertiary/aromatic N) is 1. The molecule has 1 aliphatic heterocycles. The van der Waals surface area contributed by atoms with E-state index in [1.807, 2.05) is 6.92 Å². The highest BCUT2D eigenvalue weighted by atomic mass is 16.3. The van der Waals surface area contributed by atoms with Gasteiger partial charge in [-0.25, -0.2) is 0 Å². The van der Waals surface area contributed by atoms with Crippen LogP contribution in [0.1, 0.15) is 36.5 Å². The van der Waals surface area contributed by atoms with Gasteiger partial charge in [0.25, 0.3) is 0 Å². The van der Waals surface area contributed by atoms with Gasteiger partial charge in [-0.3, -0.25) is 4.90 Å². The van der Waals surface area contributed by atoms with Crippen molar-refractivity contribution in [3.63, 3.8) is 0 Å². The molecule has 17 heavy (non-hydrogen) atoms. The average molecular weight is 233 g/mol. The van der Waals surface area contributed by atoms with E-state index in [1.54, 1.807) is 0 Å². The largest absolute Gasteiger partial charge is 0.389 e. The Morgan fingerprint density at radius 1 is 1.29 bits per heavy atom. The summed E-state index contributed by atoms with van der Waals surface area (Å²) < 4.78 is 0. The minimum absolute atomic E-state index is 0.502. The lowest BCUT2D eigenvalue weighted by molar-refractivity contribution is -0.0181. The predicted molar refractivity (Wildman–Crippen MR) is 71.1 cm³/mol. The van der Waals surface area contributed by atoms with Crippen LogP contribution in [0.15, 0.2) is 18.2 Å². The first kappa shape index (κ1) is 12.6. The molecular formula is C15H23NO. The number of hydrogen-bond acceptors (Lipinski definition) is 2. The van der Waals surface area contributed by atoms with Gasteiger partial charge in [0.1, 0.15) is 0 Å². The molecule has 1 atom stereocenters. The fourth-order valence-corrected chi connectivity index (χ4v) is 2.62. The molecule has 1 heterocycles. The van der Waals surface area contributed by atoms with Crippen LogP contribution >= 0.6 is 0 Å². The summed E-state index contributed by atoms with van der Waals surface area (Å²) in [6, 6.07) is 6.65. The van der Waals surface area contributed by atoms with Crippen LogP contribution in [0.2, 0.25) is 0 Å². The van der Waals surface area contributed by atoms with E-state index in [9.17, 15) is 5.11 Å². The topological polar surface area (TPSA) is 23.5 Å². The minimum Gasteiger partial charge on any atom is -0.389 e. The summed E-state index contributed by atoms with van der Waals surface area (Å²) >= 11 is 0. The van der Waals surface area contributed by atoms with E-state index in [1.165, 1.54) is 16.7 Å². The molecule has 94 valence electrons. The van der Waals surface area contributed by atoms with E-state index in [2.05, 4.69) is 36.9 Å². The highest BCUT2D eigenvalue weighted by Crippen LogP contribution is 2.22. The van der Waals surface area contributed by atoms with Crippen molar-refractivity contribution >= 4 is 0 Å².